The number of nitrogens with zero attached hydrogens (tertiary/aromatic N) is 3. The third-order valence-electron chi connectivity index (χ3n) is 6.55. The van der Waals surface area contributed by atoms with Crippen LogP contribution in [0.1, 0.15) is 24.0 Å². The predicted octanol–water partition coefficient (Wildman–Crippen LogP) is 4.06. The summed E-state index contributed by atoms with van der Waals surface area (Å²) in [6.45, 7) is 4.75. The fourth-order valence-corrected chi connectivity index (χ4v) is 4.98. The Hall–Kier alpha value is -3.35. The highest BCUT2D eigenvalue weighted by molar-refractivity contribution is 6.33. The lowest BCUT2D eigenvalue weighted by Crippen LogP contribution is -3.11. The number of benzene rings is 2. The number of para-hydroxylation sites is 1. The van der Waals surface area contributed by atoms with Crippen LogP contribution in [0, 0.1) is 12.8 Å². The van der Waals surface area contributed by atoms with Crippen LogP contribution in [0.25, 0.3) is 11.5 Å². The van der Waals surface area contributed by atoms with Gasteiger partial charge >= 0.3 is 0 Å². The molecule has 0 saturated carbocycles. The maximum atomic E-state index is 12.8. The zero-order chi connectivity index (χ0) is 23.5. The van der Waals surface area contributed by atoms with Gasteiger partial charge in [-0.25, -0.2) is 4.68 Å². The summed E-state index contributed by atoms with van der Waals surface area (Å²) in [6, 6.07) is 20.0. The third-order valence-corrected chi connectivity index (χ3v) is 6.87. The molecule has 174 valence electrons. The van der Waals surface area contributed by atoms with Crippen molar-refractivity contribution in [2.75, 3.05) is 18.4 Å². The van der Waals surface area contributed by atoms with Crippen LogP contribution in [0.4, 0.5) is 5.69 Å². The van der Waals surface area contributed by atoms with E-state index in [4.69, 9.17) is 16.7 Å². The summed E-state index contributed by atoms with van der Waals surface area (Å²) in [5.41, 5.74) is 4.01. The van der Waals surface area contributed by atoms with Gasteiger partial charge in [0.2, 0.25) is 5.91 Å². The number of likely N-dealkylation sites (tertiary alicyclic amines) is 1. The highest BCUT2D eigenvalue weighted by Crippen LogP contribution is 2.24. The van der Waals surface area contributed by atoms with E-state index in [1.165, 1.54) is 10.5 Å². The van der Waals surface area contributed by atoms with Gasteiger partial charge in [0.1, 0.15) is 12.4 Å². The van der Waals surface area contributed by atoms with Gasteiger partial charge in [0.05, 0.1) is 41.2 Å². The molecule has 4 aromatic rings. The van der Waals surface area contributed by atoms with Crippen molar-refractivity contribution in [2.45, 2.75) is 26.3 Å². The summed E-state index contributed by atoms with van der Waals surface area (Å²) >= 11 is 6.30. The normalized spacial score (nSPS) is 18.1. The number of aromatic nitrogens is 3. The smallest absolute Gasteiger partial charge is 0.227 e. The van der Waals surface area contributed by atoms with E-state index in [0.29, 0.717) is 10.7 Å². The number of hydrogen-bond acceptors (Lipinski definition) is 2. The van der Waals surface area contributed by atoms with Crippen LogP contribution in [0.15, 0.2) is 79.3 Å². The van der Waals surface area contributed by atoms with E-state index in [1.54, 1.807) is 0 Å². The Morgan fingerprint density at radius 2 is 1.82 bits per heavy atom. The van der Waals surface area contributed by atoms with E-state index in [2.05, 4.69) is 34.4 Å². The molecule has 1 saturated heterocycles. The highest BCUT2D eigenvalue weighted by atomic mass is 35.5. The maximum Gasteiger partial charge on any atom is 0.227 e. The number of halogens is 1. The first kappa shape index (κ1) is 22.4. The van der Waals surface area contributed by atoms with E-state index in [1.807, 2.05) is 66.3 Å². The Kier molecular flexibility index (Phi) is 6.52. The molecule has 1 aliphatic heterocycles. The quantitative estimate of drug-likeness (QED) is 0.443. The van der Waals surface area contributed by atoms with Gasteiger partial charge in [0.25, 0.3) is 0 Å². The number of amides is 1. The van der Waals surface area contributed by atoms with Crippen LogP contribution in [0.3, 0.4) is 0 Å². The molecule has 6 nitrogen and oxygen atoms in total. The highest BCUT2D eigenvalue weighted by Gasteiger charge is 2.29. The Labute approximate surface area is 204 Å². The Balaban J connectivity index is 1.26. The Morgan fingerprint density at radius 3 is 2.53 bits per heavy atom. The van der Waals surface area contributed by atoms with E-state index >= 15 is 0 Å². The number of anilines is 1. The van der Waals surface area contributed by atoms with Gasteiger partial charge in [0.15, 0.2) is 0 Å². The molecule has 0 spiro atoms. The molecular weight excluding hydrogens is 446 g/mol. The number of piperidine rings is 1. The lowest BCUT2D eigenvalue weighted by molar-refractivity contribution is -0.919. The second-order valence-electron chi connectivity index (χ2n) is 9.00. The van der Waals surface area contributed by atoms with Crippen LogP contribution < -0.4 is 10.2 Å². The summed E-state index contributed by atoms with van der Waals surface area (Å²) in [4.78, 5) is 14.3. The van der Waals surface area contributed by atoms with Gasteiger partial charge in [-0.05, 0) is 48.9 Å². The molecule has 0 radical (unpaired) electrons. The maximum absolute atomic E-state index is 12.8. The predicted molar refractivity (Wildman–Crippen MR) is 135 cm³/mol. The van der Waals surface area contributed by atoms with Crippen molar-refractivity contribution in [3.05, 3.63) is 95.4 Å². The topological polar surface area (TPSA) is 56.3 Å². The van der Waals surface area contributed by atoms with Crippen LogP contribution in [-0.4, -0.2) is 33.3 Å². The van der Waals surface area contributed by atoms with E-state index in [-0.39, 0.29) is 11.8 Å². The van der Waals surface area contributed by atoms with Crippen molar-refractivity contribution >= 4 is 23.2 Å². The molecular formula is C27H29ClN5O+. The summed E-state index contributed by atoms with van der Waals surface area (Å²) in [7, 11) is 0. The molecule has 0 bridgehead atoms. The second kappa shape index (κ2) is 9.87. The molecule has 34 heavy (non-hydrogen) atoms. The van der Waals surface area contributed by atoms with Crippen LogP contribution >= 0.6 is 11.6 Å². The number of aryl methyl sites for hydroxylation is 1. The fraction of sp³-hybridized carbons (Fsp3) is 0.259. The van der Waals surface area contributed by atoms with Gasteiger partial charge < -0.3 is 14.8 Å². The van der Waals surface area contributed by atoms with Crippen LogP contribution in [0.2, 0.25) is 5.02 Å². The van der Waals surface area contributed by atoms with Crippen molar-refractivity contribution in [3.63, 3.8) is 0 Å². The molecule has 1 amide bonds. The summed E-state index contributed by atoms with van der Waals surface area (Å²) in [6.07, 6.45) is 7.81. The monoisotopic (exact) mass is 474 g/mol. The first-order valence-electron chi connectivity index (χ1n) is 11.7. The standard InChI is InChI=1S/C27H28ClN5O/c1-20-9-10-25(24(28)17-20)30-26(34)21-11-15-31(16-12-21)19-22-18-29-33(23-7-3-2-4-8-23)27(22)32-13-5-6-14-32/h2-10,13-14,17-18,21H,11-12,15-16,19H2,1H3,(H,30,34)/p+1. The minimum atomic E-state index is 0.0112. The molecule has 0 atom stereocenters. The summed E-state index contributed by atoms with van der Waals surface area (Å²) in [5, 5.41) is 8.33. The largest absolute Gasteiger partial charge is 0.331 e. The Bertz CT molecular complexity index is 1260. The van der Waals surface area contributed by atoms with Crippen LogP contribution in [-0.2, 0) is 11.3 Å². The first-order chi connectivity index (χ1) is 16.6. The van der Waals surface area contributed by atoms with Crippen molar-refractivity contribution in [3.8, 4) is 11.5 Å². The molecule has 0 unspecified atom stereocenters. The van der Waals surface area contributed by atoms with Gasteiger partial charge in [-0.3, -0.25) is 4.79 Å². The lowest BCUT2D eigenvalue weighted by Gasteiger charge is -2.28. The fourth-order valence-electron chi connectivity index (χ4n) is 4.70. The zero-order valence-electron chi connectivity index (χ0n) is 19.2. The summed E-state index contributed by atoms with van der Waals surface area (Å²) in [5.74, 6) is 1.14. The van der Waals surface area contributed by atoms with Gasteiger partial charge in [-0.1, -0.05) is 35.9 Å². The zero-order valence-corrected chi connectivity index (χ0v) is 20.0. The molecule has 1 aliphatic rings. The average molecular weight is 475 g/mol. The molecule has 3 heterocycles. The van der Waals surface area contributed by atoms with E-state index in [0.717, 1.165) is 49.5 Å². The third kappa shape index (κ3) is 4.79. The van der Waals surface area contributed by atoms with E-state index in [9.17, 15) is 4.79 Å². The molecule has 2 aromatic heterocycles. The summed E-state index contributed by atoms with van der Waals surface area (Å²) < 4.78 is 4.13. The molecule has 2 N–H and O–H groups in total. The van der Waals surface area contributed by atoms with Gasteiger partial charge in [-0.2, -0.15) is 5.10 Å². The van der Waals surface area contributed by atoms with E-state index < -0.39 is 0 Å². The Morgan fingerprint density at radius 1 is 1.09 bits per heavy atom. The number of quaternary nitrogens is 1. The second-order valence-corrected chi connectivity index (χ2v) is 9.41. The number of hydrogen-bond donors (Lipinski definition) is 2. The SMILES string of the molecule is Cc1ccc(NC(=O)C2CC[NH+](Cc3cnn(-c4ccccc4)c3-n3cccc3)CC2)c(Cl)c1. The molecule has 5 rings (SSSR count). The average Bonchev–Trinajstić information content (AvgIpc) is 3.52. The number of rotatable bonds is 6. The van der Waals surface area contributed by atoms with Crippen molar-refractivity contribution in [1.82, 2.24) is 14.3 Å². The van der Waals surface area contributed by atoms with Gasteiger partial charge in [0, 0.05) is 31.2 Å². The van der Waals surface area contributed by atoms with Crippen molar-refractivity contribution in [2.24, 2.45) is 5.92 Å². The van der Waals surface area contributed by atoms with Crippen molar-refractivity contribution in [1.29, 1.82) is 0 Å². The van der Waals surface area contributed by atoms with Gasteiger partial charge in [-0.15, -0.1) is 0 Å². The number of carbonyl (C=O) groups excluding carboxylic acids is 1. The minimum Gasteiger partial charge on any atom is -0.331 e. The molecule has 1 fully saturated rings. The lowest BCUT2D eigenvalue weighted by atomic mass is 9.95. The number of nitrogens with one attached hydrogen (secondary N) is 2. The van der Waals surface area contributed by atoms with Crippen molar-refractivity contribution < 1.29 is 9.69 Å². The van der Waals surface area contributed by atoms with Crippen LogP contribution in [0.5, 0.6) is 0 Å². The minimum absolute atomic E-state index is 0.0112. The number of carbonyl (C=O) groups is 1. The molecule has 2 aromatic carbocycles. The molecule has 0 aliphatic carbocycles. The molecule has 7 heteroatoms. The first-order valence-corrected chi connectivity index (χ1v) is 12.1.